The Hall–Kier alpha value is -1.22. The number of phenols is 1. The van der Waals surface area contributed by atoms with Crippen molar-refractivity contribution in [2.75, 3.05) is 20.2 Å². The summed E-state index contributed by atoms with van der Waals surface area (Å²) in [7, 11) is 1.61. The molecule has 0 saturated carbocycles. The molecule has 1 heterocycles. The van der Waals surface area contributed by atoms with Crippen LogP contribution in [-0.4, -0.2) is 25.3 Å². The second kappa shape index (κ2) is 4.53. The quantitative estimate of drug-likeness (QED) is 0.778. The first kappa shape index (κ1) is 10.3. The molecule has 0 spiro atoms. The summed E-state index contributed by atoms with van der Waals surface area (Å²) in [5.74, 6) is 1.49. The van der Waals surface area contributed by atoms with Crippen molar-refractivity contribution in [1.82, 2.24) is 5.32 Å². The van der Waals surface area contributed by atoms with E-state index >= 15 is 0 Å². The zero-order valence-electron chi connectivity index (χ0n) is 8.99. The number of nitrogens with one attached hydrogen (secondary N) is 1. The Morgan fingerprint density at radius 1 is 1.47 bits per heavy atom. The summed E-state index contributed by atoms with van der Waals surface area (Å²) in [6, 6.07) is 5.55. The van der Waals surface area contributed by atoms with Gasteiger partial charge in [-0.05, 0) is 31.0 Å². The average Bonchev–Trinajstić information content (AvgIpc) is 2.30. The number of ether oxygens (including phenoxy) is 1. The molecule has 0 bridgehead atoms. The molecule has 1 aromatic rings. The molecule has 1 fully saturated rings. The molecule has 1 aliphatic rings. The zero-order chi connectivity index (χ0) is 10.7. The van der Waals surface area contributed by atoms with Gasteiger partial charge in [0.2, 0.25) is 0 Å². The molecule has 1 unspecified atom stereocenters. The van der Waals surface area contributed by atoms with Crippen LogP contribution in [0.5, 0.6) is 11.5 Å². The van der Waals surface area contributed by atoms with Crippen molar-refractivity contribution in [2.45, 2.75) is 18.8 Å². The zero-order valence-corrected chi connectivity index (χ0v) is 8.99. The highest BCUT2D eigenvalue weighted by Gasteiger charge is 2.18. The summed E-state index contributed by atoms with van der Waals surface area (Å²) in [5, 5.41) is 13.2. The number of rotatable bonds is 2. The number of methoxy groups -OCH3 is 1. The third kappa shape index (κ3) is 2.23. The predicted octanol–water partition coefficient (Wildman–Crippen LogP) is 1.87. The van der Waals surface area contributed by atoms with Crippen molar-refractivity contribution in [3.63, 3.8) is 0 Å². The lowest BCUT2D eigenvalue weighted by Gasteiger charge is -2.23. The van der Waals surface area contributed by atoms with Gasteiger partial charge in [0, 0.05) is 18.5 Å². The fourth-order valence-electron chi connectivity index (χ4n) is 2.11. The van der Waals surface area contributed by atoms with Crippen LogP contribution in [-0.2, 0) is 0 Å². The van der Waals surface area contributed by atoms with Gasteiger partial charge in [-0.25, -0.2) is 0 Å². The molecule has 3 heteroatoms. The highest BCUT2D eigenvalue weighted by Crippen LogP contribution is 2.32. The van der Waals surface area contributed by atoms with Gasteiger partial charge in [-0.1, -0.05) is 6.07 Å². The maximum atomic E-state index is 9.87. The van der Waals surface area contributed by atoms with Crippen molar-refractivity contribution in [2.24, 2.45) is 0 Å². The average molecular weight is 207 g/mol. The Labute approximate surface area is 90.1 Å². The van der Waals surface area contributed by atoms with E-state index in [4.69, 9.17) is 4.74 Å². The van der Waals surface area contributed by atoms with Crippen LogP contribution < -0.4 is 10.1 Å². The minimum absolute atomic E-state index is 0.350. The third-order valence-corrected chi connectivity index (χ3v) is 2.97. The van der Waals surface area contributed by atoms with E-state index < -0.39 is 0 Å². The first-order valence-corrected chi connectivity index (χ1v) is 5.39. The fourth-order valence-corrected chi connectivity index (χ4v) is 2.11. The minimum atomic E-state index is 0.350. The highest BCUT2D eigenvalue weighted by molar-refractivity contribution is 5.42. The van der Waals surface area contributed by atoms with Crippen molar-refractivity contribution in [3.05, 3.63) is 23.8 Å². The number of hydrogen-bond acceptors (Lipinski definition) is 3. The monoisotopic (exact) mass is 207 g/mol. The van der Waals surface area contributed by atoms with Gasteiger partial charge in [-0.3, -0.25) is 0 Å². The van der Waals surface area contributed by atoms with Crippen molar-refractivity contribution >= 4 is 0 Å². The second-order valence-corrected chi connectivity index (χ2v) is 3.97. The number of phenolic OH excluding ortho intramolecular Hbond substituents is 1. The highest BCUT2D eigenvalue weighted by atomic mass is 16.5. The summed E-state index contributed by atoms with van der Waals surface area (Å²) in [6.45, 7) is 2.05. The molecule has 0 aromatic heterocycles. The Morgan fingerprint density at radius 3 is 2.93 bits per heavy atom. The van der Waals surface area contributed by atoms with Crippen LogP contribution in [0.3, 0.4) is 0 Å². The van der Waals surface area contributed by atoms with Gasteiger partial charge in [0.05, 0.1) is 7.11 Å². The van der Waals surface area contributed by atoms with Crippen LogP contribution in [0.25, 0.3) is 0 Å². The molecule has 3 nitrogen and oxygen atoms in total. The molecule has 15 heavy (non-hydrogen) atoms. The summed E-state index contributed by atoms with van der Waals surface area (Å²) in [6.07, 6.45) is 2.32. The van der Waals surface area contributed by atoms with Crippen molar-refractivity contribution < 1.29 is 9.84 Å². The van der Waals surface area contributed by atoms with E-state index in [1.54, 1.807) is 13.2 Å². The van der Waals surface area contributed by atoms with E-state index in [1.807, 2.05) is 12.1 Å². The third-order valence-electron chi connectivity index (χ3n) is 2.97. The van der Waals surface area contributed by atoms with Gasteiger partial charge in [-0.2, -0.15) is 0 Å². The van der Waals surface area contributed by atoms with E-state index in [2.05, 4.69) is 5.32 Å². The van der Waals surface area contributed by atoms with E-state index in [9.17, 15) is 5.11 Å². The van der Waals surface area contributed by atoms with E-state index in [-0.39, 0.29) is 0 Å². The van der Waals surface area contributed by atoms with E-state index in [0.29, 0.717) is 17.4 Å². The Kier molecular flexibility index (Phi) is 3.11. The maximum Gasteiger partial charge on any atom is 0.122 e. The first-order valence-electron chi connectivity index (χ1n) is 5.39. The van der Waals surface area contributed by atoms with Crippen molar-refractivity contribution in [3.8, 4) is 11.5 Å². The Morgan fingerprint density at radius 2 is 2.33 bits per heavy atom. The number of aromatic hydroxyl groups is 1. The standard InChI is InChI=1S/C12H17NO2/c1-15-10-4-5-11(12(14)7-10)9-3-2-6-13-8-9/h4-5,7,9,13-14H,2-3,6,8H2,1H3. The molecule has 0 aliphatic carbocycles. The summed E-state index contributed by atoms with van der Waals surface area (Å²) in [4.78, 5) is 0. The van der Waals surface area contributed by atoms with Crippen LogP contribution in [0.15, 0.2) is 18.2 Å². The molecule has 1 aromatic carbocycles. The molecule has 1 saturated heterocycles. The van der Waals surface area contributed by atoms with Gasteiger partial charge in [0.15, 0.2) is 0 Å². The molecule has 2 rings (SSSR count). The molecule has 82 valence electrons. The fraction of sp³-hybridized carbons (Fsp3) is 0.500. The van der Waals surface area contributed by atoms with E-state index in [1.165, 1.54) is 6.42 Å². The SMILES string of the molecule is COc1ccc(C2CCCNC2)c(O)c1. The smallest absolute Gasteiger partial charge is 0.122 e. The molecule has 1 atom stereocenters. The van der Waals surface area contributed by atoms with Gasteiger partial charge in [-0.15, -0.1) is 0 Å². The van der Waals surface area contributed by atoms with E-state index in [0.717, 1.165) is 25.1 Å². The number of benzene rings is 1. The maximum absolute atomic E-state index is 9.87. The van der Waals surface area contributed by atoms with Gasteiger partial charge < -0.3 is 15.2 Å². The Balaban J connectivity index is 2.19. The minimum Gasteiger partial charge on any atom is -0.508 e. The molecular weight excluding hydrogens is 190 g/mol. The molecule has 1 aliphatic heterocycles. The Bertz CT molecular complexity index is 332. The number of hydrogen-bond donors (Lipinski definition) is 2. The lowest BCUT2D eigenvalue weighted by atomic mass is 9.91. The normalized spacial score (nSPS) is 21.3. The van der Waals surface area contributed by atoms with Gasteiger partial charge in [0.25, 0.3) is 0 Å². The second-order valence-electron chi connectivity index (χ2n) is 3.97. The summed E-state index contributed by atoms with van der Waals surface area (Å²) >= 11 is 0. The van der Waals surface area contributed by atoms with Crippen LogP contribution in [0.2, 0.25) is 0 Å². The number of piperidine rings is 1. The van der Waals surface area contributed by atoms with Crippen LogP contribution in [0.4, 0.5) is 0 Å². The molecule has 0 amide bonds. The lowest BCUT2D eigenvalue weighted by molar-refractivity contribution is 0.399. The largest absolute Gasteiger partial charge is 0.508 e. The summed E-state index contributed by atoms with van der Waals surface area (Å²) in [5.41, 5.74) is 1.03. The lowest BCUT2D eigenvalue weighted by Crippen LogP contribution is -2.28. The molecular formula is C12H17NO2. The van der Waals surface area contributed by atoms with Crippen LogP contribution in [0.1, 0.15) is 24.3 Å². The molecule has 0 radical (unpaired) electrons. The van der Waals surface area contributed by atoms with Crippen molar-refractivity contribution in [1.29, 1.82) is 0 Å². The van der Waals surface area contributed by atoms with Crippen LogP contribution in [0, 0.1) is 0 Å². The molecule has 2 N–H and O–H groups in total. The van der Waals surface area contributed by atoms with Crippen LogP contribution >= 0.6 is 0 Å². The summed E-state index contributed by atoms with van der Waals surface area (Å²) < 4.78 is 5.06. The van der Waals surface area contributed by atoms with Gasteiger partial charge in [0.1, 0.15) is 11.5 Å². The topological polar surface area (TPSA) is 41.5 Å². The first-order chi connectivity index (χ1) is 7.31. The predicted molar refractivity (Wildman–Crippen MR) is 59.5 cm³/mol. The van der Waals surface area contributed by atoms with Gasteiger partial charge >= 0.3 is 0 Å².